The Kier molecular flexibility index (Phi) is 4.52. The van der Waals surface area contributed by atoms with Gasteiger partial charge in [-0.25, -0.2) is 4.79 Å². The van der Waals surface area contributed by atoms with Crippen LogP contribution in [0.2, 0.25) is 0 Å². The summed E-state index contributed by atoms with van der Waals surface area (Å²) in [6, 6.07) is 16.8. The summed E-state index contributed by atoms with van der Waals surface area (Å²) in [6.45, 7) is 0.0760. The first-order chi connectivity index (χ1) is 11.7. The van der Waals surface area contributed by atoms with Crippen LogP contribution < -0.4 is 0 Å². The third kappa shape index (κ3) is 3.25. The maximum Gasteiger partial charge on any atom is 0.334 e. The molecular formula is C19H15NO4. The Morgan fingerprint density at radius 2 is 1.42 bits per heavy atom. The average molecular weight is 321 g/mol. The van der Waals surface area contributed by atoms with Gasteiger partial charge in [0.15, 0.2) is 6.04 Å². The molecule has 0 radical (unpaired) electrons. The highest BCUT2D eigenvalue weighted by Crippen LogP contribution is 2.26. The summed E-state index contributed by atoms with van der Waals surface area (Å²) in [5.74, 6) is -1.69. The van der Waals surface area contributed by atoms with Gasteiger partial charge in [-0.1, -0.05) is 60.7 Å². The van der Waals surface area contributed by atoms with Gasteiger partial charge in [0.2, 0.25) is 0 Å². The number of benzene rings is 2. The van der Waals surface area contributed by atoms with Crippen LogP contribution in [-0.4, -0.2) is 22.7 Å². The molecule has 1 atom stereocenters. The summed E-state index contributed by atoms with van der Waals surface area (Å²) < 4.78 is 5.34. The zero-order valence-electron chi connectivity index (χ0n) is 12.8. The van der Waals surface area contributed by atoms with Crippen molar-refractivity contribution in [3.05, 3.63) is 83.9 Å². The number of amides is 2. The minimum absolute atomic E-state index is 0.0760. The van der Waals surface area contributed by atoms with Crippen LogP contribution in [0.1, 0.15) is 17.2 Å². The zero-order chi connectivity index (χ0) is 16.9. The molecule has 24 heavy (non-hydrogen) atoms. The van der Waals surface area contributed by atoms with Gasteiger partial charge < -0.3 is 4.74 Å². The second-order valence-corrected chi connectivity index (χ2v) is 5.29. The van der Waals surface area contributed by atoms with Crippen LogP contribution in [0.4, 0.5) is 0 Å². The first kappa shape index (κ1) is 15.7. The normalized spacial score (nSPS) is 14.8. The van der Waals surface area contributed by atoms with E-state index in [4.69, 9.17) is 4.74 Å². The molecule has 0 aliphatic carbocycles. The maximum atomic E-state index is 12.6. The second kappa shape index (κ2) is 6.91. The maximum absolute atomic E-state index is 12.6. The van der Waals surface area contributed by atoms with E-state index >= 15 is 0 Å². The fourth-order valence-corrected chi connectivity index (χ4v) is 2.50. The highest BCUT2D eigenvalue weighted by Gasteiger charge is 2.38. The van der Waals surface area contributed by atoms with Crippen LogP contribution in [0.5, 0.6) is 0 Å². The Balaban J connectivity index is 1.83. The molecule has 5 nitrogen and oxygen atoms in total. The molecule has 2 aromatic rings. The lowest BCUT2D eigenvalue weighted by molar-refractivity contribution is -0.159. The van der Waals surface area contributed by atoms with Crippen LogP contribution in [0.15, 0.2) is 72.8 Å². The minimum atomic E-state index is -1.09. The summed E-state index contributed by atoms with van der Waals surface area (Å²) in [6.07, 6.45) is 2.31. The highest BCUT2D eigenvalue weighted by molar-refractivity contribution is 6.14. The monoisotopic (exact) mass is 321 g/mol. The molecule has 0 fully saturated rings. The van der Waals surface area contributed by atoms with Gasteiger partial charge in [-0.15, -0.1) is 0 Å². The Hall–Kier alpha value is -3.21. The summed E-state index contributed by atoms with van der Waals surface area (Å²) in [7, 11) is 0. The molecule has 1 aliphatic rings. The molecule has 0 saturated heterocycles. The van der Waals surface area contributed by atoms with Gasteiger partial charge in [0.25, 0.3) is 11.8 Å². The quantitative estimate of drug-likeness (QED) is 0.626. The lowest BCUT2D eigenvalue weighted by Gasteiger charge is -2.24. The molecule has 1 heterocycles. The van der Waals surface area contributed by atoms with Crippen LogP contribution in [0, 0.1) is 0 Å². The first-order valence-corrected chi connectivity index (χ1v) is 7.47. The van der Waals surface area contributed by atoms with Gasteiger partial charge >= 0.3 is 5.97 Å². The standard InChI is InChI=1S/C19H15NO4/c21-16-11-12-17(22)20(16)18(15-9-5-2-6-10-15)19(23)24-13-14-7-3-1-4-8-14/h1-12,18H,13H2/t18-/m1/s1. The third-order valence-electron chi connectivity index (χ3n) is 3.66. The number of nitrogens with zero attached hydrogens (tertiary/aromatic N) is 1. The average Bonchev–Trinajstić information content (AvgIpc) is 2.94. The number of esters is 1. The van der Waals surface area contributed by atoms with Crippen molar-refractivity contribution in [3.63, 3.8) is 0 Å². The van der Waals surface area contributed by atoms with Crippen LogP contribution in [0.3, 0.4) is 0 Å². The number of carbonyl (C=O) groups excluding carboxylic acids is 3. The summed E-state index contributed by atoms with van der Waals surface area (Å²) >= 11 is 0. The third-order valence-corrected chi connectivity index (χ3v) is 3.66. The van der Waals surface area contributed by atoms with Gasteiger partial charge in [0.05, 0.1) is 0 Å². The molecule has 0 unspecified atom stereocenters. The number of imide groups is 1. The second-order valence-electron chi connectivity index (χ2n) is 5.29. The summed E-state index contributed by atoms with van der Waals surface area (Å²) in [5, 5.41) is 0. The molecule has 0 saturated carbocycles. The predicted molar refractivity (Wildman–Crippen MR) is 86.4 cm³/mol. The molecule has 3 rings (SSSR count). The molecular weight excluding hydrogens is 306 g/mol. The van der Waals surface area contributed by atoms with Gasteiger partial charge in [0, 0.05) is 12.2 Å². The minimum Gasteiger partial charge on any atom is -0.459 e. The van der Waals surface area contributed by atoms with E-state index < -0.39 is 23.8 Å². The van der Waals surface area contributed by atoms with E-state index in [1.54, 1.807) is 30.3 Å². The van der Waals surface area contributed by atoms with Crippen molar-refractivity contribution < 1.29 is 19.1 Å². The molecule has 2 aromatic carbocycles. The van der Waals surface area contributed by atoms with Crippen molar-refractivity contribution in [2.24, 2.45) is 0 Å². The molecule has 120 valence electrons. The van der Waals surface area contributed by atoms with E-state index in [0.717, 1.165) is 22.6 Å². The first-order valence-electron chi connectivity index (χ1n) is 7.47. The van der Waals surface area contributed by atoms with Crippen molar-refractivity contribution in [3.8, 4) is 0 Å². The molecule has 2 amide bonds. The Morgan fingerprint density at radius 3 is 2.00 bits per heavy atom. The lowest BCUT2D eigenvalue weighted by Crippen LogP contribution is -2.39. The smallest absolute Gasteiger partial charge is 0.334 e. The zero-order valence-corrected chi connectivity index (χ0v) is 12.8. The highest BCUT2D eigenvalue weighted by atomic mass is 16.5. The van der Waals surface area contributed by atoms with Crippen LogP contribution >= 0.6 is 0 Å². The Labute approximate surface area is 139 Å². The van der Waals surface area contributed by atoms with Crippen molar-refractivity contribution in [1.82, 2.24) is 4.90 Å². The van der Waals surface area contributed by atoms with E-state index in [1.807, 2.05) is 30.3 Å². The van der Waals surface area contributed by atoms with Gasteiger partial charge in [-0.3, -0.25) is 14.5 Å². The van der Waals surface area contributed by atoms with Crippen molar-refractivity contribution in [2.75, 3.05) is 0 Å². The van der Waals surface area contributed by atoms with Crippen LogP contribution in [-0.2, 0) is 25.7 Å². The predicted octanol–water partition coefficient (Wildman–Crippen LogP) is 2.40. The topological polar surface area (TPSA) is 63.7 Å². The molecule has 0 spiro atoms. The van der Waals surface area contributed by atoms with Crippen molar-refractivity contribution in [2.45, 2.75) is 12.6 Å². The van der Waals surface area contributed by atoms with E-state index in [-0.39, 0.29) is 6.61 Å². The van der Waals surface area contributed by atoms with E-state index in [2.05, 4.69) is 0 Å². The fourth-order valence-electron chi connectivity index (χ4n) is 2.50. The number of ether oxygens (including phenoxy) is 1. The number of hydrogen-bond acceptors (Lipinski definition) is 4. The van der Waals surface area contributed by atoms with E-state index in [1.165, 1.54) is 0 Å². The van der Waals surface area contributed by atoms with Gasteiger partial charge in [-0.05, 0) is 11.1 Å². The van der Waals surface area contributed by atoms with E-state index in [9.17, 15) is 14.4 Å². The number of hydrogen-bond donors (Lipinski definition) is 0. The molecule has 1 aliphatic heterocycles. The Bertz CT molecular complexity index is 766. The molecule has 5 heteroatoms. The SMILES string of the molecule is O=C(OCc1ccccc1)[C@@H](c1ccccc1)N1C(=O)C=CC1=O. The number of carbonyl (C=O) groups is 3. The molecule has 0 aromatic heterocycles. The lowest BCUT2D eigenvalue weighted by atomic mass is 10.1. The van der Waals surface area contributed by atoms with Gasteiger partial charge in [-0.2, -0.15) is 0 Å². The van der Waals surface area contributed by atoms with Crippen molar-refractivity contribution in [1.29, 1.82) is 0 Å². The Morgan fingerprint density at radius 1 is 0.875 bits per heavy atom. The van der Waals surface area contributed by atoms with E-state index in [0.29, 0.717) is 5.56 Å². The largest absolute Gasteiger partial charge is 0.459 e. The molecule has 0 bridgehead atoms. The van der Waals surface area contributed by atoms with Crippen molar-refractivity contribution >= 4 is 17.8 Å². The number of rotatable bonds is 5. The summed E-state index contributed by atoms with van der Waals surface area (Å²) in [4.78, 5) is 37.5. The van der Waals surface area contributed by atoms with Gasteiger partial charge in [0.1, 0.15) is 6.61 Å². The molecule has 0 N–H and O–H groups in total. The fraction of sp³-hybridized carbons (Fsp3) is 0.105. The summed E-state index contributed by atoms with van der Waals surface area (Å²) in [5.41, 5.74) is 1.36. The van der Waals surface area contributed by atoms with Crippen LogP contribution in [0.25, 0.3) is 0 Å².